The monoisotopic (exact) mass is 464 g/mol. The number of carbonyl (C=O) groups is 1. The SMILES string of the molecule is CCOc1ccc(C(C)NC(=O)c2ccc(OC)c(S(=O)(=O)NC(C)(C)C)c2)cc1OC. The highest BCUT2D eigenvalue weighted by molar-refractivity contribution is 7.89. The maximum Gasteiger partial charge on any atom is 0.251 e. The summed E-state index contributed by atoms with van der Waals surface area (Å²) < 4.78 is 44.4. The summed E-state index contributed by atoms with van der Waals surface area (Å²) in [5, 5.41) is 2.89. The van der Waals surface area contributed by atoms with Crippen LogP contribution in [0.3, 0.4) is 0 Å². The van der Waals surface area contributed by atoms with Crippen molar-refractivity contribution in [2.45, 2.75) is 51.1 Å². The predicted molar refractivity (Wildman–Crippen MR) is 123 cm³/mol. The number of rotatable bonds is 9. The van der Waals surface area contributed by atoms with E-state index in [4.69, 9.17) is 14.2 Å². The fourth-order valence-electron chi connectivity index (χ4n) is 3.08. The van der Waals surface area contributed by atoms with Crippen LogP contribution in [-0.2, 0) is 10.0 Å². The molecule has 2 aromatic rings. The molecule has 0 bridgehead atoms. The first-order chi connectivity index (χ1) is 14.9. The molecule has 1 atom stereocenters. The summed E-state index contributed by atoms with van der Waals surface area (Å²) in [6.45, 7) is 9.43. The predicted octanol–water partition coefficient (Wildman–Crippen LogP) is 3.67. The number of methoxy groups -OCH3 is 2. The van der Waals surface area contributed by atoms with Gasteiger partial charge in [-0.2, -0.15) is 0 Å². The summed E-state index contributed by atoms with van der Waals surface area (Å²) in [6, 6.07) is 9.38. The van der Waals surface area contributed by atoms with Crippen LogP contribution in [0, 0.1) is 0 Å². The minimum absolute atomic E-state index is 0.0991. The first kappa shape index (κ1) is 25.5. The highest BCUT2D eigenvalue weighted by atomic mass is 32.2. The summed E-state index contributed by atoms with van der Waals surface area (Å²) in [6.07, 6.45) is 0. The van der Waals surface area contributed by atoms with E-state index in [9.17, 15) is 13.2 Å². The maximum atomic E-state index is 12.9. The summed E-state index contributed by atoms with van der Waals surface area (Å²) in [4.78, 5) is 12.8. The second-order valence-electron chi connectivity index (χ2n) is 8.26. The van der Waals surface area contributed by atoms with Gasteiger partial charge in [0.25, 0.3) is 5.91 Å². The van der Waals surface area contributed by atoms with Crippen LogP contribution in [0.4, 0.5) is 0 Å². The van der Waals surface area contributed by atoms with Crippen LogP contribution in [0.5, 0.6) is 17.2 Å². The third-order valence-electron chi connectivity index (χ3n) is 4.49. The topological polar surface area (TPSA) is 103 Å². The van der Waals surface area contributed by atoms with E-state index in [0.717, 1.165) is 5.56 Å². The summed E-state index contributed by atoms with van der Waals surface area (Å²) >= 11 is 0. The lowest BCUT2D eigenvalue weighted by Gasteiger charge is -2.22. The Morgan fingerprint density at radius 2 is 1.62 bits per heavy atom. The Morgan fingerprint density at radius 3 is 2.19 bits per heavy atom. The van der Waals surface area contributed by atoms with Gasteiger partial charge in [-0.1, -0.05) is 6.07 Å². The highest BCUT2D eigenvalue weighted by Crippen LogP contribution is 2.31. The molecule has 176 valence electrons. The lowest BCUT2D eigenvalue weighted by atomic mass is 10.1. The van der Waals surface area contributed by atoms with Crippen molar-refractivity contribution in [3.8, 4) is 17.2 Å². The van der Waals surface area contributed by atoms with Gasteiger partial charge in [-0.3, -0.25) is 4.79 Å². The second-order valence-corrected chi connectivity index (χ2v) is 9.91. The number of benzene rings is 2. The second kappa shape index (κ2) is 10.2. The van der Waals surface area contributed by atoms with Gasteiger partial charge in [0.1, 0.15) is 10.6 Å². The Kier molecular flexibility index (Phi) is 8.14. The van der Waals surface area contributed by atoms with Gasteiger partial charge in [-0.25, -0.2) is 13.1 Å². The van der Waals surface area contributed by atoms with Crippen LogP contribution in [0.2, 0.25) is 0 Å². The normalized spacial score (nSPS) is 12.7. The highest BCUT2D eigenvalue weighted by Gasteiger charge is 2.26. The zero-order chi connectivity index (χ0) is 24.1. The first-order valence-electron chi connectivity index (χ1n) is 10.3. The number of hydrogen-bond donors (Lipinski definition) is 2. The van der Waals surface area contributed by atoms with Crippen LogP contribution >= 0.6 is 0 Å². The van der Waals surface area contributed by atoms with Crippen molar-refractivity contribution in [1.29, 1.82) is 0 Å². The molecule has 0 spiro atoms. The zero-order valence-corrected chi connectivity index (χ0v) is 20.4. The molecule has 0 aliphatic heterocycles. The number of sulfonamides is 1. The van der Waals surface area contributed by atoms with Gasteiger partial charge in [0.15, 0.2) is 11.5 Å². The Balaban J connectivity index is 2.30. The van der Waals surface area contributed by atoms with E-state index < -0.39 is 21.5 Å². The number of hydrogen-bond acceptors (Lipinski definition) is 6. The van der Waals surface area contributed by atoms with Crippen LogP contribution in [0.25, 0.3) is 0 Å². The molecule has 0 aliphatic rings. The van der Waals surface area contributed by atoms with E-state index in [0.29, 0.717) is 18.1 Å². The van der Waals surface area contributed by atoms with E-state index in [2.05, 4.69) is 10.0 Å². The molecule has 32 heavy (non-hydrogen) atoms. The van der Waals surface area contributed by atoms with Gasteiger partial charge < -0.3 is 19.5 Å². The van der Waals surface area contributed by atoms with E-state index >= 15 is 0 Å². The molecule has 0 fully saturated rings. The number of nitrogens with one attached hydrogen (secondary N) is 2. The minimum Gasteiger partial charge on any atom is -0.495 e. The maximum absolute atomic E-state index is 12.9. The first-order valence-corrected chi connectivity index (χ1v) is 11.7. The molecular formula is C23H32N2O6S. The van der Waals surface area contributed by atoms with Gasteiger partial charge in [0, 0.05) is 11.1 Å². The van der Waals surface area contributed by atoms with Gasteiger partial charge in [-0.15, -0.1) is 0 Å². The lowest BCUT2D eigenvalue weighted by Crippen LogP contribution is -2.40. The van der Waals surface area contributed by atoms with Crippen molar-refractivity contribution in [2.24, 2.45) is 0 Å². The fourth-order valence-corrected chi connectivity index (χ4v) is 4.69. The van der Waals surface area contributed by atoms with E-state index in [1.165, 1.54) is 25.3 Å². The standard InChI is InChI=1S/C23H32N2O6S/c1-8-31-18-11-9-16(13-20(18)30-7)15(2)24-22(26)17-10-12-19(29-6)21(14-17)32(27,28)25-23(3,4)5/h9-15,25H,8H2,1-7H3,(H,24,26). The zero-order valence-electron chi connectivity index (χ0n) is 19.6. The average Bonchev–Trinajstić information content (AvgIpc) is 2.71. The molecule has 0 aromatic heterocycles. The Morgan fingerprint density at radius 1 is 1.00 bits per heavy atom. The molecule has 1 amide bonds. The van der Waals surface area contributed by atoms with Crippen molar-refractivity contribution >= 4 is 15.9 Å². The molecule has 2 aromatic carbocycles. The Hall–Kier alpha value is -2.78. The third-order valence-corrected chi connectivity index (χ3v) is 6.27. The van der Waals surface area contributed by atoms with Crippen LogP contribution < -0.4 is 24.2 Å². The number of ether oxygens (including phenoxy) is 3. The molecule has 2 N–H and O–H groups in total. The molecule has 1 unspecified atom stereocenters. The largest absolute Gasteiger partial charge is 0.495 e. The van der Waals surface area contributed by atoms with E-state index in [1.807, 2.05) is 19.9 Å². The smallest absolute Gasteiger partial charge is 0.251 e. The minimum atomic E-state index is -3.90. The van der Waals surface area contributed by atoms with Crippen molar-refractivity contribution in [2.75, 3.05) is 20.8 Å². The molecule has 0 saturated heterocycles. The lowest BCUT2D eigenvalue weighted by molar-refractivity contribution is 0.0939. The molecule has 8 nitrogen and oxygen atoms in total. The summed E-state index contributed by atoms with van der Waals surface area (Å²) in [5.41, 5.74) is 0.322. The van der Waals surface area contributed by atoms with Crippen molar-refractivity contribution in [1.82, 2.24) is 10.0 Å². The quantitative estimate of drug-likeness (QED) is 0.587. The Labute approximate surface area is 190 Å². The summed E-state index contributed by atoms with van der Waals surface area (Å²) in [5.74, 6) is 0.924. The molecular weight excluding hydrogens is 432 g/mol. The number of amides is 1. The molecule has 9 heteroatoms. The van der Waals surface area contributed by atoms with Crippen molar-refractivity contribution in [3.05, 3.63) is 47.5 Å². The molecule has 0 saturated carbocycles. The molecule has 0 aliphatic carbocycles. The van der Waals surface area contributed by atoms with E-state index in [-0.39, 0.29) is 22.3 Å². The average molecular weight is 465 g/mol. The van der Waals surface area contributed by atoms with Crippen molar-refractivity contribution in [3.63, 3.8) is 0 Å². The third kappa shape index (κ3) is 6.37. The van der Waals surface area contributed by atoms with Crippen LogP contribution in [0.1, 0.15) is 56.6 Å². The Bertz CT molecular complexity index is 1060. The van der Waals surface area contributed by atoms with Gasteiger partial charge in [-0.05, 0) is 70.5 Å². The van der Waals surface area contributed by atoms with Crippen molar-refractivity contribution < 1.29 is 27.4 Å². The summed E-state index contributed by atoms with van der Waals surface area (Å²) in [7, 11) is -0.969. The van der Waals surface area contributed by atoms with E-state index in [1.54, 1.807) is 40.0 Å². The molecule has 0 radical (unpaired) electrons. The molecule has 0 heterocycles. The van der Waals surface area contributed by atoms with Gasteiger partial charge in [0.05, 0.1) is 26.9 Å². The van der Waals surface area contributed by atoms with Gasteiger partial charge >= 0.3 is 0 Å². The van der Waals surface area contributed by atoms with Gasteiger partial charge in [0.2, 0.25) is 10.0 Å². The number of carbonyl (C=O) groups excluding carboxylic acids is 1. The fraction of sp³-hybridized carbons (Fsp3) is 0.435. The molecule has 2 rings (SSSR count). The van der Waals surface area contributed by atoms with Crippen LogP contribution in [-0.4, -0.2) is 40.7 Å². The van der Waals surface area contributed by atoms with Crippen LogP contribution in [0.15, 0.2) is 41.3 Å².